The summed E-state index contributed by atoms with van der Waals surface area (Å²) in [6, 6.07) is 14.7. The van der Waals surface area contributed by atoms with E-state index >= 15 is 0 Å². The molecule has 2 N–H and O–H groups in total. The van der Waals surface area contributed by atoms with E-state index in [1.54, 1.807) is 6.20 Å². The molecule has 2 amide bonds. The second-order valence-electron chi connectivity index (χ2n) is 10.2. The first-order chi connectivity index (χ1) is 17.9. The Bertz CT molecular complexity index is 1280. The zero-order valence-corrected chi connectivity index (χ0v) is 21.7. The van der Waals surface area contributed by atoms with Gasteiger partial charge in [-0.05, 0) is 55.5 Å². The number of amides is 2. The van der Waals surface area contributed by atoms with E-state index in [1.165, 1.54) is 0 Å². The van der Waals surface area contributed by atoms with Crippen LogP contribution in [-0.2, 0) is 18.4 Å². The molecule has 3 aromatic rings. The molecule has 0 radical (unpaired) electrons. The van der Waals surface area contributed by atoms with Gasteiger partial charge in [0.15, 0.2) is 0 Å². The largest absolute Gasteiger partial charge is 0.487 e. The van der Waals surface area contributed by atoms with E-state index < -0.39 is 6.04 Å². The summed E-state index contributed by atoms with van der Waals surface area (Å²) in [4.78, 5) is 30.7. The molecular formula is C29H35N5O3. The van der Waals surface area contributed by atoms with Crippen molar-refractivity contribution in [2.24, 2.45) is 18.9 Å². The van der Waals surface area contributed by atoms with E-state index in [0.29, 0.717) is 36.8 Å². The fraction of sp³-hybridized carbons (Fsp3) is 0.448. The first-order valence-electron chi connectivity index (χ1n) is 13.0. The Morgan fingerprint density at radius 3 is 2.73 bits per heavy atom. The smallest absolute Gasteiger partial charge is 0.268 e. The van der Waals surface area contributed by atoms with Gasteiger partial charge in [0.05, 0.1) is 23.2 Å². The van der Waals surface area contributed by atoms with Gasteiger partial charge in [0, 0.05) is 30.7 Å². The molecule has 4 rings (SSSR count). The van der Waals surface area contributed by atoms with Gasteiger partial charge in [0.1, 0.15) is 24.1 Å². The lowest BCUT2D eigenvalue weighted by Crippen LogP contribution is -2.50. The fourth-order valence-corrected chi connectivity index (χ4v) is 5.01. The predicted octanol–water partition coefficient (Wildman–Crippen LogP) is 4.50. The highest BCUT2D eigenvalue weighted by Crippen LogP contribution is 2.27. The maximum Gasteiger partial charge on any atom is 0.268 e. The standard InChI is InChI=1S/C29H35N5O3/c1-19(2)14-22(17-30)32-28(35)24-9-4-5-10-25(24)33-29(36)27-15-20-11-12-23(16-26(20)34(27)3)37-18-21-8-6-7-13-31-21/h6-8,11-13,15-16,19,22,24-25H,4-5,9-10,14,18H2,1-3H3,(H,32,35)(H,33,36)/t22-,24+,25+/m0/s1. The summed E-state index contributed by atoms with van der Waals surface area (Å²) in [6.45, 7) is 4.41. The highest BCUT2D eigenvalue weighted by atomic mass is 16.5. The lowest BCUT2D eigenvalue weighted by atomic mass is 9.83. The Balaban J connectivity index is 1.45. The third-order valence-corrected chi connectivity index (χ3v) is 6.96. The van der Waals surface area contributed by atoms with Gasteiger partial charge in [-0.1, -0.05) is 32.8 Å². The van der Waals surface area contributed by atoms with Crippen LogP contribution in [0.25, 0.3) is 10.9 Å². The van der Waals surface area contributed by atoms with Crippen molar-refractivity contribution >= 4 is 22.7 Å². The van der Waals surface area contributed by atoms with Gasteiger partial charge >= 0.3 is 0 Å². The zero-order valence-electron chi connectivity index (χ0n) is 21.7. The molecule has 1 fully saturated rings. The van der Waals surface area contributed by atoms with E-state index in [-0.39, 0.29) is 23.8 Å². The molecule has 1 aliphatic rings. The number of carbonyl (C=O) groups excluding carboxylic acids is 2. The first-order valence-corrected chi connectivity index (χ1v) is 13.0. The van der Waals surface area contributed by atoms with Gasteiger partial charge in [-0.3, -0.25) is 14.6 Å². The highest BCUT2D eigenvalue weighted by molar-refractivity contribution is 5.99. The van der Waals surface area contributed by atoms with Gasteiger partial charge in [-0.2, -0.15) is 5.26 Å². The van der Waals surface area contributed by atoms with Crippen molar-refractivity contribution in [2.45, 2.75) is 64.6 Å². The van der Waals surface area contributed by atoms with Gasteiger partial charge in [0.2, 0.25) is 5.91 Å². The number of aromatic nitrogens is 2. The third kappa shape index (κ3) is 6.48. The Morgan fingerprint density at radius 2 is 2.00 bits per heavy atom. The topological polar surface area (TPSA) is 109 Å². The number of ether oxygens (including phenoxy) is 1. The van der Waals surface area contributed by atoms with Gasteiger partial charge < -0.3 is 19.9 Å². The summed E-state index contributed by atoms with van der Waals surface area (Å²) in [5.41, 5.74) is 2.24. The number of nitriles is 1. The molecule has 8 heteroatoms. The van der Waals surface area contributed by atoms with Crippen LogP contribution in [0.2, 0.25) is 0 Å². The molecule has 8 nitrogen and oxygen atoms in total. The molecule has 0 saturated heterocycles. The number of benzene rings is 1. The monoisotopic (exact) mass is 501 g/mol. The van der Waals surface area contributed by atoms with Crippen LogP contribution in [0.5, 0.6) is 5.75 Å². The normalized spacial score (nSPS) is 18.2. The zero-order chi connectivity index (χ0) is 26.4. The van der Waals surface area contributed by atoms with E-state index in [2.05, 4.69) is 21.7 Å². The second-order valence-corrected chi connectivity index (χ2v) is 10.2. The number of fused-ring (bicyclic) bond motifs is 1. The highest BCUT2D eigenvalue weighted by Gasteiger charge is 2.33. The first kappa shape index (κ1) is 26.2. The summed E-state index contributed by atoms with van der Waals surface area (Å²) in [5.74, 6) is 0.298. The number of hydrogen-bond acceptors (Lipinski definition) is 5. The van der Waals surface area contributed by atoms with Crippen molar-refractivity contribution < 1.29 is 14.3 Å². The van der Waals surface area contributed by atoms with Crippen molar-refractivity contribution in [2.75, 3.05) is 0 Å². The van der Waals surface area contributed by atoms with Crippen LogP contribution in [0.4, 0.5) is 0 Å². The molecule has 1 aliphatic carbocycles. The lowest BCUT2D eigenvalue weighted by Gasteiger charge is -2.32. The van der Waals surface area contributed by atoms with Crippen molar-refractivity contribution in [3.63, 3.8) is 0 Å². The molecular weight excluding hydrogens is 466 g/mol. The minimum atomic E-state index is -0.516. The molecule has 194 valence electrons. The van der Waals surface area contributed by atoms with Crippen LogP contribution in [-0.4, -0.2) is 33.4 Å². The minimum absolute atomic E-state index is 0.149. The predicted molar refractivity (Wildman–Crippen MR) is 142 cm³/mol. The molecule has 0 bridgehead atoms. The van der Waals surface area contributed by atoms with Crippen LogP contribution in [0.1, 0.15) is 62.1 Å². The number of nitrogens with one attached hydrogen (secondary N) is 2. The summed E-state index contributed by atoms with van der Waals surface area (Å²) >= 11 is 0. The van der Waals surface area contributed by atoms with Gasteiger partial charge in [-0.15, -0.1) is 0 Å². The lowest BCUT2D eigenvalue weighted by molar-refractivity contribution is -0.127. The SMILES string of the molecule is CC(C)C[C@@H](C#N)NC(=O)[C@@H]1CCCC[C@H]1NC(=O)c1cc2ccc(OCc3ccccn3)cc2n1C. The molecule has 0 spiro atoms. The quantitative estimate of drug-likeness (QED) is 0.449. The van der Waals surface area contributed by atoms with Crippen molar-refractivity contribution in [3.05, 3.63) is 60.0 Å². The van der Waals surface area contributed by atoms with E-state index in [0.717, 1.165) is 35.9 Å². The van der Waals surface area contributed by atoms with Crippen LogP contribution in [0.3, 0.4) is 0 Å². The number of aryl methyl sites for hydroxylation is 1. The molecule has 0 unspecified atom stereocenters. The Labute approximate surface area is 218 Å². The van der Waals surface area contributed by atoms with Crippen LogP contribution in [0.15, 0.2) is 48.7 Å². The third-order valence-electron chi connectivity index (χ3n) is 6.96. The molecule has 1 aromatic carbocycles. The van der Waals surface area contributed by atoms with Crippen molar-refractivity contribution in [1.29, 1.82) is 5.26 Å². The average Bonchev–Trinajstić information content (AvgIpc) is 3.23. The van der Waals surface area contributed by atoms with Gasteiger partial charge in [0.25, 0.3) is 5.91 Å². The van der Waals surface area contributed by atoms with Crippen LogP contribution >= 0.6 is 0 Å². The number of hydrogen-bond donors (Lipinski definition) is 2. The van der Waals surface area contributed by atoms with Crippen LogP contribution in [0, 0.1) is 23.2 Å². The number of nitrogens with zero attached hydrogens (tertiary/aromatic N) is 3. The summed E-state index contributed by atoms with van der Waals surface area (Å²) in [6.07, 6.45) is 5.66. The van der Waals surface area contributed by atoms with Crippen molar-refractivity contribution in [3.8, 4) is 11.8 Å². The minimum Gasteiger partial charge on any atom is -0.487 e. The molecule has 2 heterocycles. The van der Waals surface area contributed by atoms with Crippen molar-refractivity contribution in [1.82, 2.24) is 20.2 Å². The van der Waals surface area contributed by atoms with E-state index in [9.17, 15) is 14.9 Å². The summed E-state index contributed by atoms with van der Waals surface area (Å²) in [5, 5.41) is 16.4. The molecule has 0 aliphatic heterocycles. The summed E-state index contributed by atoms with van der Waals surface area (Å²) < 4.78 is 7.76. The Morgan fingerprint density at radius 1 is 1.19 bits per heavy atom. The maximum atomic E-state index is 13.3. The molecule has 2 aromatic heterocycles. The molecule has 1 saturated carbocycles. The average molecular weight is 502 g/mol. The number of carbonyl (C=O) groups is 2. The molecule has 37 heavy (non-hydrogen) atoms. The number of rotatable bonds is 9. The molecule has 3 atom stereocenters. The fourth-order valence-electron chi connectivity index (χ4n) is 5.01. The maximum absolute atomic E-state index is 13.3. The second kappa shape index (κ2) is 11.9. The summed E-state index contributed by atoms with van der Waals surface area (Å²) in [7, 11) is 1.86. The van der Waals surface area contributed by atoms with E-state index in [1.807, 2.05) is 67.9 Å². The number of pyridine rings is 1. The van der Waals surface area contributed by atoms with Gasteiger partial charge in [-0.25, -0.2) is 0 Å². The van der Waals surface area contributed by atoms with Crippen LogP contribution < -0.4 is 15.4 Å². The Hall–Kier alpha value is -3.86. The van der Waals surface area contributed by atoms with E-state index in [4.69, 9.17) is 4.74 Å². The Kier molecular flexibility index (Phi) is 8.44.